The summed E-state index contributed by atoms with van der Waals surface area (Å²) in [5.41, 5.74) is 2.04. The van der Waals surface area contributed by atoms with Crippen LogP contribution in [0, 0.1) is 11.6 Å². The topological polar surface area (TPSA) is 64.3 Å². The van der Waals surface area contributed by atoms with Crippen LogP contribution in [0.25, 0.3) is 10.9 Å². The van der Waals surface area contributed by atoms with Crippen LogP contribution in [0.5, 0.6) is 0 Å². The van der Waals surface area contributed by atoms with Crippen molar-refractivity contribution in [3.05, 3.63) is 65.4 Å². The Labute approximate surface area is 173 Å². The first-order chi connectivity index (χ1) is 14.5. The summed E-state index contributed by atoms with van der Waals surface area (Å²) in [7, 11) is 2.06. The third-order valence-electron chi connectivity index (χ3n) is 5.59. The maximum Gasteiger partial charge on any atom is 0.318 e. The fraction of sp³-hybridized carbons (Fsp3) is 0.364. The summed E-state index contributed by atoms with van der Waals surface area (Å²) in [6.45, 7) is 2.19. The van der Waals surface area contributed by atoms with Crippen molar-refractivity contribution in [1.82, 2.24) is 25.3 Å². The number of aromatic nitrogens is 2. The van der Waals surface area contributed by atoms with Crippen molar-refractivity contribution in [3.8, 4) is 0 Å². The van der Waals surface area contributed by atoms with Crippen LogP contribution in [0.4, 0.5) is 13.6 Å². The average molecular weight is 413 g/mol. The molecule has 0 bridgehead atoms. The van der Waals surface area contributed by atoms with E-state index in [1.165, 1.54) is 12.1 Å². The third kappa shape index (κ3) is 4.76. The van der Waals surface area contributed by atoms with Gasteiger partial charge in [-0.25, -0.2) is 13.6 Å². The number of carbonyl (C=O) groups is 1. The van der Waals surface area contributed by atoms with Gasteiger partial charge in [0.05, 0.1) is 18.3 Å². The van der Waals surface area contributed by atoms with Gasteiger partial charge in [-0.1, -0.05) is 18.2 Å². The number of nitrogens with one attached hydrogen (secondary N) is 2. The summed E-state index contributed by atoms with van der Waals surface area (Å²) in [5, 5.41) is 11.0. The second-order valence-electron chi connectivity index (χ2n) is 7.91. The van der Waals surface area contributed by atoms with Gasteiger partial charge in [-0.05, 0) is 50.7 Å². The zero-order valence-corrected chi connectivity index (χ0v) is 16.9. The molecule has 6 nitrogen and oxygen atoms in total. The highest BCUT2D eigenvalue weighted by Gasteiger charge is 2.23. The van der Waals surface area contributed by atoms with Gasteiger partial charge in [0.1, 0.15) is 11.6 Å². The van der Waals surface area contributed by atoms with Crippen LogP contribution in [0.2, 0.25) is 0 Å². The lowest BCUT2D eigenvalue weighted by atomic mass is 10.1. The van der Waals surface area contributed by atoms with Crippen molar-refractivity contribution in [2.45, 2.75) is 32.0 Å². The molecule has 2 N–H and O–H groups in total. The van der Waals surface area contributed by atoms with Crippen LogP contribution in [-0.4, -0.2) is 52.2 Å². The molecule has 0 atom stereocenters. The number of hydrogen-bond acceptors (Lipinski definition) is 3. The van der Waals surface area contributed by atoms with Gasteiger partial charge < -0.3 is 15.1 Å². The largest absolute Gasteiger partial charge is 0.335 e. The first kappa shape index (κ1) is 20.3. The Morgan fingerprint density at radius 3 is 2.77 bits per heavy atom. The maximum absolute atomic E-state index is 14.3. The van der Waals surface area contributed by atoms with E-state index >= 15 is 0 Å². The van der Waals surface area contributed by atoms with Crippen molar-refractivity contribution >= 4 is 16.9 Å². The number of benzene rings is 2. The number of nitrogens with zero attached hydrogens (tertiary/aromatic N) is 3. The number of halogens is 2. The highest BCUT2D eigenvalue weighted by Crippen LogP contribution is 2.18. The molecule has 3 aromatic rings. The molecule has 4 rings (SSSR count). The van der Waals surface area contributed by atoms with Crippen LogP contribution < -0.4 is 5.32 Å². The summed E-state index contributed by atoms with van der Waals surface area (Å²) in [5.74, 6) is -1.29. The monoisotopic (exact) mass is 413 g/mol. The molecule has 0 unspecified atom stereocenters. The van der Waals surface area contributed by atoms with Crippen LogP contribution >= 0.6 is 0 Å². The van der Waals surface area contributed by atoms with Crippen LogP contribution in [0.3, 0.4) is 0 Å². The predicted molar refractivity (Wildman–Crippen MR) is 111 cm³/mol. The van der Waals surface area contributed by atoms with E-state index < -0.39 is 11.6 Å². The number of H-pyrrole nitrogens is 1. The first-order valence-electron chi connectivity index (χ1n) is 10.1. The van der Waals surface area contributed by atoms with Crippen molar-refractivity contribution in [3.63, 3.8) is 0 Å². The van der Waals surface area contributed by atoms with Gasteiger partial charge in [0.25, 0.3) is 0 Å². The van der Waals surface area contributed by atoms with Gasteiger partial charge in [-0.3, -0.25) is 5.10 Å². The summed E-state index contributed by atoms with van der Waals surface area (Å²) in [4.78, 5) is 16.9. The average Bonchev–Trinajstić information content (AvgIpc) is 3.19. The van der Waals surface area contributed by atoms with Crippen molar-refractivity contribution in [2.75, 3.05) is 20.1 Å². The molecule has 1 saturated heterocycles. The van der Waals surface area contributed by atoms with Crippen LogP contribution in [-0.2, 0) is 13.1 Å². The third-order valence-corrected chi connectivity index (χ3v) is 5.59. The Hall–Kier alpha value is -3.00. The highest BCUT2D eigenvalue weighted by atomic mass is 19.1. The summed E-state index contributed by atoms with van der Waals surface area (Å²) >= 11 is 0. The maximum atomic E-state index is 14.3. The number of aromatic amines is 1. The summed E-state index contributed by atoms with van der Waals surface area (Å²) in [6, 6.07) is 9.07. The normalized spacial score (nSPS) is 15.4. The lowest BCUT2D eigenvalue weighted by molar-refractivity contribution is 0.175. The Bertz CT molecular complexity index is 1030. The number of piperidine rings is 1. The molecule has 8 heteroatoms. The molecule has 2 amide bonds. The van der Waals surface area contributed by atoms with Gasteiger partial charge in [-0.15, -0.1) is 0 Å². The smallest absolute Gasteiger partial charge is 0.318 e. The van der Waals surface area contributed by atoms with Gasteiger partial charge in [-0.2, -0.15) is 5.10 Å². The first-order valence-corrected chi connectivity index (χ1v) is 10.1. The fourth-order valence-electron chi connectivity index (χ4n) is 3.78. The number of urea groups is 1. The van der Waals surface area contributed by atoms with E-state index in [1.807, 2.05) is 18.2 Å². The number of rotatable bonds is 5. The number of fused-ring (bicyclic) bond motifs is 1. The lowest BCUT2D eigenvalue weighted by Gasteiger charge is -2.32. The molecule has 1 fully saturated rings. The molecule has 1 aliphatic heterocycles. The fourth-order valence-corrected chi connectivity index (χ4v) is 3.78. The molecule has 158 valence electrons. The minimum Gasteiger partial charge on any atom is -0.335 e. The summed E-state index contributed by atoms with van der Waals surface area (Å²) in [6.07, 6.45) is 3.49. The lowest BCUT2D eigenvalue weighted by Crippen LogP contribution is -2.48. The number of hydrogen-bond donors (Lipinski definition) is 2. The second kappa shape index (κ2) is 8.79. The SMILES string of the molecule is CN1CCC(NC(=O)N(Cc2ccc3cn[nH]c3c2)Cc2ccc(F)cc2F)CC1. The van der Waals surface area contributed by atoms with Gasteiger partial charge in [0.15, 0.2) is 0 Å². The zero-order chi connectivity index (χ0) is 21.1. The predicted octanol–water partition coefficient (Wildman–Crippen LogP) is 3.65. The van der Waals surface area contributed by atoms with Crippen molar-refractivity contribution in [1.29, 1.82) is 0 Å². The Balaban J connectivity index is 1.53. The molecule has 2 aromatic carbocycles. The van der Waals surface area contributed by atoms with Crippen LogP contribution in [0.1, 0.15) is 24.0 Å². The molecule has 0 saturated carbocycles. The quantitative estimate of drug-likeness (QED) is 0.671. The molecule has 0 aliphatic carbocycles. The zero-order valence-electron chi connectivity index (χ0n) is 16.9. The molecular weight excluding hydrogens is 388 g/mol. The molecule has 2 heterocycles. The summed E-state index contributed by atoms with van der Waals surface area (Å²) < 4.78 is 27.6. The van der Waals surface area contributed by atoms with E-state index in [0.29, 0.717) is 6.54 Å². The molecule has 1 aromatic heterocycles. The second-order valence-corrected chi connectivity index (χ2v) is 7.91. The van der Waals surface area contributed by atoms with Crippen molar-refractivity contribution < 1.29 is 13.6 Å². The van der Waals surface area contributed by atoms with E-state index in [-0.39, 0.29) is 24.2 Å². The van der Waals surface area contributed by atoms with E-state index in [2.05, 4.69) is 27.5 Å². The molecule has 0 spiro atoms. The van der Waals surface area contributed by atoms with Crippen molar-refractivity contribution in [2.24, 2.45) is 0 Å². The van der Waals surface area contributed by atoms with Gasteiger partial charge in [0, 0.05) is 29.6 Å². The number of carbonyl (C=O) groups excluding carboxylic acids is 1. The minimum atomic E-state index is -0.656. The van der Waals surface area contributed by atoms with E-state index in [9.17, 15) is 13.6 Å². The Morgan fingerprint density at radius 1 is 1.20 bits per heavy atom. The van der Waals surface area contributed by atoms with Crippen LogP contribution in [0.15, 0.2) is 42.6 Å². The standard InChI is InChI=1S/C22H25F2N5O/c1-28-8-6-19(7-9-28)26-22(30)29(14-17-4-5-18(23)11-20(17)24)13-15-2-3-16-12-25-27-21(16)10-15/h2-5,10-12,19H,6-9,13-14H2,1H3,(H,25,27)(H,26,30). The molecular formula is C22H25F2N5O. The molecule has 1 aliphatic rings. The molecule has 0 radical (unpaired) electrons. The van der Waals surface area contributed by atoms with Gasteiger partial charge in [0.2, 0.25) is 0 Å². The Kier molecular flexibility index (Phi) is 5.94. The van der Waals surface area contributed by atoms with Gasteiger partial charge >= 0.3 is 6.03 Å². The highest BCUT2D eigenvalue weighted by molar-refractivity contribution is 5.79. The van der Waals surface area contributed by atoms with E-state index in [4.69, 9.17) is 0 Å². The Morgan fingerprint density at radius 2 is 2.00 bits per heavy atom. The minimum absolute atomic E-state index is 0.0472. The molecule has 30 heavy (non-hydrogen) atoms. The number of likely N-dealkylation sites (tertiary alicyclic amines) is 1. The van der Waals surface area contributed by atoms with E-state index in [0.717, 1.165) is 48.5 Å². The number of amides is 2. The van der Waals surface area contributed by atoms with E-state index in [1.54, 1.807) is 11.1 Å².